The summed E-state index contributed by atoms with van der Waals surface area (Å²) in [7, 11) is 0. The van der Waals surface area contributed by atoms with Crippen molar-refractivity contribution < 1.29 is 48.3 Å². The number of aliphatic carboxylic acids is 2. The Kier molecular flexibility index (Phi) is 65.7. The quantitative estimate of drug-likeness (QED) is 0.0318. The molecule has 0 saturated carbocycles. The third-order valence-corrected chi connectivity index (χ3v) is 7.91. The Morgan fingerprint density at radius 1 is 0.571 bits per heavy atom. The minimum atomic E-state index is -0.981. The van der Waals surface area contributed by atoms with E-state index in [4.69, 9.17) is 13.5 Å². The van der Waals surface area contributed by atoms with Crippen molar-refractivity contribution in [2.24, 2.45) is 11.8 Å². The van der Waals surface area contributed by atoms with E-state index in [-0.39, 0.29) is 0 Å². The number of unbranched alkanes of at least 4 members (excludes halogenated alkanes) is 23. The Bertz CT molecular complexity index is 639. The fourth-order valence-electron chi connectivity index (χ4n) is 5.11. The summed E-state index contributed by atoms with van der Waals surface area (Å²) in [5, 5.41) is 16.1. The van der Waals surface area contributed by atoms with Gasteiger partial charge in [0, 0.05) is 12.5 Å². The molecule has 2 N–H and O–H groups in total. The fourth-order valence-corrected chi connectivity index (χ4v) is 5.11. The predicted octanol–water partition coefficient (Wildman–Crippen LogP) is 13.8. The molecule has 0 aliphatic heterocycles. The first kappa shape index (κ1) is 57.2. The number of rotatable bonds is 31. The van der Waals surface area contributed by atoms with Crippen molar-refractivity contribution in [1.82, 2.24) is 0 Å². The molecule has 0 aliphatic carbocycles. The zero-order valence-corrected chi connectivity index (χ0v) is 34.9. The number of hydrogen-bond donors (Lipinski definition) is 2. The molecule has 0 bridgehead atoms. The molecule has 0 aromatic heterocycles. The SMILES string of the molecule is C=CC(=O)O.CC(C)CCCCCCCCCCCCCCC(=O)O.CC(C)CCCCCCCCCCCCCC[C-]=O.C[CH-]C.[O]=[Ti+2]. The molecule has 6 nitrogen and oxygen atoms in total. The van der Waals surface area contributed by atoms with Gasteiger partial charge in [0.25, 0.3) is 0 Å². The molecule has 0 fully saturated rings. The summed E-state index contributed by atoms with van der Waals surface area (Å²) in [5.41, 5.74) is 0. The van der Waals surface area contributed by atoms with Crippen LogP contribution in [0.1, 0.15) is 221 Å². The van der Waals surface area contributed by atoms with Crippen LogP contribution in [0.2, 0.25) is 0 Å². The van der Waals surface area contributed by atoms with Crippen LogP contribution < -0.4 is 0 Å². The molecule has 49 heavy (non-hydrogen) atoms. The first-order valence-corrected chi connectivity index (χ1v) is 20.6. The van der Waals surface area contributed by atoms with Crippen LogP contribution in [-0.4, -0.2) is 28.4 Å². The van der Waals surface area contributed by atoms with E-state index in [1.165, 1.54) is 148 Å². The van der Waals surface area contributed by atoms with Gasteiger partial charge in [0.1, 0.15) is 0 Å². The molecule has 0 heterocycles. The van der Waals surface area contributed by atoms with Gasteiger partial charge in [-0.1, -0.05) is 195 Å². The molecule has 0 amide bonds. The zero-order chi connectivity index (χ0) is 38.2. The van der Waals surface area contributed by atoms with Crippen molar-refractivity contribution in [3.8, 4) is 0 Å². The molecule has 0 spiro atoms. The van der Waals surface area contributed by atoms with Crippen LogP contribution in [0, 0.1) is 18.3 Å². The van der Waals surface area contributed by atoms with Gasteiger partial charge in [0.15, 0.2) is 0 Å². The number of carboxylic acids is 2. The van der Waals surface area contributed by atoms with Crippen LogP contribution in [0.4, 0.5) is 0 Å². The number of carbonyl (C=O) groups excluding carboxylic acids is 1. The molecule has 0 atom stereocenters. The number of carboxylic acid groups (broad SMARTS) is 2. The molecule has 0 aliphatic rings. The van der Waals surface area contributed by atoms with Crippen LogP contribution in [0.25, 0.3) is 0 Å². The molecule has 0 saturated heterocycles. The van der Waals surface area contributed by atoms with Gasteiger partial charge in [-0.15, -0.1) is 0 Å². The second-order valence-corrected chi connectivity index (χ2v) is 14.0. The third-order valence-electron chi connectivity index (χ3n) is 7.91. The zero-order valence-electron chi connectivity index (χ0n) is 33.3. The molecular formula is C42H82O6Ti. The van der Waals surface area contributed by atoms with E-state index in [9.17, 15) is 14.4 Å². The number of hydrogen-bond acceptors (Lipinski definition) is 4. The Balaban J connectivity index is -0.000000207. The summed E-state index contributed by atoms with van der Waals surface area (Å²) in [6, 6.07) is 0. The Morgan fingerprint density at radius 2 is 0.796 bits per heavy atom. The average Bonchev–Trinajstić information content (AvgIpc) is 3.06. The second-order valence-electron chi connectivity index (χ2n) is 14.0. The van der Waals surface area contributed by atoms with Crippen LogP contribution in [0.15, 0.2) is 12.7 Å². The first-order chi connectivity index (χ1) is 23.6. The van der Waals surface area contributed by atoms with Crippen molar-refractivity contribution in [3.63, 3.8) is 0 Å². The summed E-state index contributed by atoms with van der Waals surface area (Å²) in [6.07, 6.45) is 40.5. The Morgan fingerprint density at radius 3 is 1.00 bits per heavy atom. The van der Waals surface area contributed by atoms with Gasteiger partial charge in [-0.05, 0) is 18.3 Å². The van der Waals surface area contributed by atoms with E-state index in [2.05, 4.69) is 34.3 Å². The van der Waals surface area contributed by atoms with Gasteiger partial charge in [-0.25, -0.2) is 4.79 Å². The van der Waals surface area contributed by atoms with Crippen molar-refractivity contribution in [2.45, 2.75) is 221 Å². The van der Waals surface area contributed by atoms with E-state index < -0.39 is 11.9 Å². The summed E-state index contributed by atoms with van der Waals surface area (Å²) < 4.78 is 8.25. The van der Waals surface area contributed by atoms with Gasteiger partial charge in [-0.2, -0.15) is 20.3 Å². The normalized spacial score (nSPS) is 10.0. The van der Waals surface area contributed by atoms with E-state index in [1.807, 2.05) is 26.6 Å². The summed E-state index contributed by atoms with van der Waals surface area (Å²) in [4.78, 5) is 29.6. The second kappa shape index (κ2) is 56.2. The van der Waals surface area contributed by atoms with Gasteiger partial charge >= 0.3 is 35.7 Å². The van der Waals surface area contributed by atoms with Crippen molar-refractivity contribution >= 4 is 18.2 Å². The third kappa shape index (κ3) is 82.3. The maximum atomic E-state index is 10.3. The predicted molar refractivity (Wildman–Crippen MR) is 206 cm³/mol. The van der Waals surface area contributed by atoms with Crippen molar-refractivity contribution in [3.05, 3.63) is 19.1 Å². The van der Waals surface area contributed by atoms with Crippen molar-refractivity contribution in [2.75, 3.05) is 0 Å². The van der Waals surface area contributed by atoms with Gasteiger partial charge < -0.3 is 21.4 Å². The van der Waals surface area contributed by atoms with E-state index >= 15 is 0 Å². The summed E-state index contributed by atoms with van der Waals surface area (Å²) in [5.74, 6) is 0.110. The first-order valence-electron chi connectivity index (χ1n) is 19.9. The summed E-state index contributed by atoms with van der Waals surface area (Å²) in [6.45, 7) is 16.2. The monoisotopic (exact) mass is 731 g/mol. The Labute approximate surface area is 317 Å². The van der Waals surface area contributed by atoms with E-state index in [1.54, 1.807) is 0 Å². The van der Waals surface area contributed by atoms with Crippen molar-refractivity contribution in [1.29, 1.82) is 0 Å². The van der Waals surface area contributed by atoms with Gasteiger partial charge in [-0.3, -0.25) is 11.1 Å². The van der Waals surface area contributed by atoms with Crippen LogP contribution in [-0.2, 0) is 38.1 Å². The Hall–Kier alpha value is -1.14. The van der Waals surface area contributed by atoms with Crippen LogP contribution in [0.5, 0.6) is 0 Å². The maximum absolute atomic E-state index is 10.3. The fraction of sp³-hybridized carbons (Fsp3) is 0.857. The van der Waals surface area contributed by atoms with Gasteiger partial charge in [0.05, 0.1) is 0 Å². The van der Waals surface area contributed by atoms with Crippen LogP contribution in [0.3, 0.4) is 0 Å². The molecule has 0 aromatic rings. The van der Waals surface area contributed by atoms with Crippen LogP contribution >= 0.6 is 0 Å². The standard InChI is InChI=1S/C18H36O2.C18H35O.C3H4O2.C3H7.O.Ti/c1-17(2)15-13-11-9-7-5-3-4-6-8-10-12-14-16-18(19)20;1-18(2)16-14-12-10-8-6-4-3-5-7-9-11-13-15-17-19;1-2-3(4)5;1-3-2;;/h17H,3-16H2,1-2H3,(H,19,20);18H,3-16H2,1-2H3;2H,1H2,(H,4,5);3H,1-2H3;;/q;-1;;-1;;+2. The minimum absolute atomic E-state index is 0.344. The van der Waals surface area contributed by atoms with E-state index in [0.717, 1.165) is 57.6 Å². The molecule has 7 heteroatoms. The molecule has 0 radical (unpaired) electrons. The molecule has 0 aromatic carbocycles. The topological polar surface area (TPSA) is 109 Å². The molecule has 0 unspecified atom stereocenters. The van der Waals surface area contributed by atoms with E-state index in [0.29, 0.717) is 12.8 Å². The molecule has 290 valence electrons. The molecule has 0 rings (SSSR count). The number of carbonyl (C=O) groups is 2. The molecular weight excluding hydrogens is 648 g/mol. The average molecular weight is 731 g/mol. The summed E-state index contributed by atoms with van der Waals surface area (Å²) >= 11 is 0.750. The van der Waals surface area contributed by atoms with Gasteiger partial charge in [0.2, 0.25) is 0 Å².